The summed E-state index contributed by atoms with van der Waals surface area (Å²) in [6, 6.07) is 74.2. The number of aliphatic hydroxyl groups is 1. The van der Waals surface area contributed by atoms with Gasteiger partial charge in [-0.1, -0.05) is 138 Å². The summed E-state index contributed by atoms with van der Waals surface area (Å²) in [5.41, 5.74) is 31.6. The van der Waals surface area contributed by atoms with Crippen LogP contribution in [0.25, 0.3) is 55.2 Å². The van der Waals surface area contributed by atoms with Gasteiger partial charge < -0.3 is 56.6 Å². The van der Waals surface area contributed by atoms with Crippen LogP contribution in [0, 0.1) is 131 Å². The number of aliphatic imine (C=N–C) groups is 4. The topological polar surface area (TPSA) is 320 Å². The second kappa shape index (κ2) is 47.6. The summed E-state index contributed by atoms with van der Waals surface area (Å²) < 4.78 is 21.7. The third-order valence-corrected chi connectivity index (χ3v) is 25.9. The molecular weight excluding hydrogens is 2140 g/mol. The molecule has 1 radical (unpaired) electrons. The summed E-state index contributed by atoms with van der Waals surface area (Å²) >= 11 is 0. The van der Waals surface area contributed by atoms with Crippen LogP contribution in [0.5, 0.6) is 5.75 Å². The Labute approximate surface area is 928 Å². The van der Waals surface area contributed by atoms with Gasteiger partial charge in [-0.3, -0.25) is 14.0 Å². The first kappa shape index (κ1) is 106. The van der Waals surface area contributed by atoms with E-state index in [1.54, 1.807) is 32.2 Å². The Morgan fingerprint density at radius 2 is 0.758 bits per heavy atom. The van der Waals surface area contributed by atoms with Gasteiger partial charge in [-0.2, -0.15) is 16.3 Å². The Morgan fingerprint density at radius 3 is 1.11 bits per heavy atom. The minimum atomic E-state index is -0.247. The van der Waals surface area contributed by atoms with Gasteiger partial charge in [0.25, 0.3) is 0 Å². The van der Waals surface area contributed by atoms with Gasteiger partial charge in [0.1, 0.15) is 47.3 Å². The van der Waals surface area contributed by atoms with Crippen molar-refractivity contribution in [1.29, 1.82) is 0 Å². The fourth-order valence-electron chi connectivity index (χ4n) is 18.5. The molecule has 8 aliphatic heterocycles. The summed E-state index contributed by atoms with van der Waals surface area (Å²) in [5.74, 6) is 14.0. The number of nitrogens with zero attached hydrogens (tertiary/aromatic N) is 19. The molecule has 18 heterocycles. The van der Waals surface area contributed by atoms with Crippen molar-refractivity contribution >= 4 is 80.8 Å². The molecule has 0 saturated heterocycles. The molecule has 0 saturated carbocycles. The number of carbonyl (C=O) groups excluding carboxylic acids is 1. The van der Waals surface area contributed by atoms with E-state index in [9.17, 15) is 9.90 Å². The number of aldehydes is 1. The van der Waals surface area contributed by atoms with E-state index in [1.165, 1.54) is 11.1 Å². The molecule has 23 rings (SSSR count). The average Bonchev–Trinajstić information content (AvgIpc) is 1.61. The molecule has 733 valence electrons. The predicted octanol–water partition coefficient (Wildman–Crippen LogP) is 11.6. The average molecular weight is 2250 g/mol. The number of pyridine rings is 5. The van der Waals surface area contributed by atoms with E-state index in [4.69, 9.17) is 45.3 Å². The fraction of sp³-hybridized carbons (Fsp3) is 0.116. The molecule has 149 heavy (non-hydrogen) atoms. The molecule has 0 fully saturated rings. The van der Waals surface area contributed by atoms with Crippen molar-refractivity contribution < 1.29 is 134 Å². The number of ether oxygens (including phenoxy) is 1. The van der Waals surface area contributed by atoms with Crippen molar-refractivity contribution in [1.82, 2.24) is 39.0 Å². The first-order valence-corrected chi connectivity index (χ1v) is 47.7. The zero-order valence-electron chi connectivity index (χ0n) is 82.9. The molecule has 0 spiro atoms. The Bertz CT molecular complexity index is 8440. The number of rotatable bonds is 16. The second-order valence-electron chi connectivity index (χ2n) is 36.2. The van der Waals surface area contributed by atoms with Crippen molar-refractivity contribution in [2.75, 3.05) is 6.61 Å². The first-order chi connectivity index (χ1) is 70.5. The standard InChI is InChI=1S/C59H48N6O3.C53H42N7.C9H8BN6.2Gd.3H2O/c1-38-5-7-40(8-6-38)9-10-41-11-13-43(14-12-41)56-48-15-16-50(60-48)57(44-23-28-64(3)29-24-44)51-17-18-52(61-51)58(45-25-30-65(4)31-26-45)53-20-22-55(63-53)59(54-21-19-49(56)62-54)46-33-39(2)34-47(35-46)68-32-27-42(36-66)37-67;1-35-5-7-36(8-6-35)9-10-37-11-13-38(14-12-37)50-42-15-17-44(54-42)51(39-23-29-58(2)30-24-39)46-19-21-48(56-46)53(41-27-33-60(4)34-28-41)49-22-20-47(57-49)52(45-18-16-43(50)55-45)40-25-31-59(3)32-26-40;1-4-11-14(7-1)10(15-8-2-5-12-15)16-9-3-6-13-16;;;;;/h5-8,11-19,21-26,28-31,33-37,53H,20,27,32H2,1-4H3,(H,66,67);5-8,11-21,23-34,49H,22H2,1-4H3;1-5,7-9H;;;3*1H2/q;+1;-1;+2;+3;;;. The molecule has 7 N–H and O–H groups in total. The van der Waals surface area contributed by atoms with Gasteiger partial charge in [-0.05, 0) is 250 Å². The van der Waals surface area contributed by atoms with Gasteiger partial charge in [-0.15, -0.1) is 45.2 Å². The molecule has 0 aliphatic carbocycles. The molecule has 2 atom stereocenters. The van der Waals surface area contributed by atoms with E-state index in [1.807, 2.05) is 128 Å². The number of hydrogen-bond acceptors (Lipinski definition) is 10. The maximum Gasteiger partial charge on any atom is 3.00 e. The molecule has 0 amide bonds. The zero-order chi connectivity index (χ0) is 98.3. The monoisotopic (exact) mass is 2250 g/mol. The van der Waals surface area contributed by atoms with Crippen LogP contribution in [0.15, 0.2) is 438 Å². The predicted molar refractivity (Wildman–Crippen MR) is 573 cm³/mol. The van der Waals surface area contributed by atoms with Crippen LogP contribution in [0.1, 0.15) is 103 Å². The van der Waals surface area contributed by atoms with Crippen LogP contribution in [-0.2, 0) is 40.0 Å². The maximum atomic E-state index is 11.4. The van der Waals surface area contributed by atoms with Gasteiger partial charge in [0.2, 0.25) is 0 Å². The van der Waals surface area contributed by atoms with Gasteiger partial charge in [0.05, 0.1) is 58.5 Å². The smallest absolute Gasteiger partial charge is 0.677 e. The number of aliphatic hydroxyl groups excluding tert-OH is 1. The van der Waals surface area contributed by atoms with Crippen molar-refractivity contribution in [2.45, 2.75) is 52.1 Å². The number of carbonyl (C=O) groups is 1. The minimum absolute atomic E-state index is 0. The molecule has 28 heteroatoms. The second-order valence-corrected chi connectivity index (χ2v) is 36.2. The van der Waals surface area contributed by atoms with Crippen LogP contribution in [0.3, 0.4) is 0 Å². The van der Waals surface area contributed by atoms with Gasteiger partial charge in [0.15, 0.2) is 62.0 Å². The molecule has 10 aromatic heterocycles. The van der Waals surface area contributed by atoms with Crippen LogP contribution < -0.4 is 58.9 Å². The van der Waals surface area contributed by atoms with E-state index in [0.717, 1.165) is 208 Å². The molecule has 5 aromatic carbocycles. The molecule has 8 aliphatic rings. The van der Waals surface area contributed by atoms with Gasteiger partial charge in [-0.25, -0.2) is 42.8 Å². The summed E-state index contributed by atoms with van der Waals surface area (Å²) in [6.45, 7) is 6.40. The third-order valence-electron chi connectivity index (χ3n) is 25.9. The SMILES string of the molecule is Cc1ccc(C#Cc2ccc(C3=c4ccc([n-]4)=C(c4cc[n+](C)cc4)C4=NC(=C(c5cc[n+](C)cc5)C5CC=C([N-]5)C(c5cc(C)cc(OCCC(C=O)=CO)c5)=C5C=CC3=N5)C=C4)cc2)cc1.Cc1ccc(C#Cc2ccc(C3=c4ccc([n-]4)=C(c4cc[n+](C)cc4)C4=NC(=C(c5cc[n+](C)cc5)C5CC=C([N-]5)C(c5cc[n+](C)cc5)=C5C=CC3=N5)C=C4)cc2)cc1.O.O.O.[Gd+2].[Gd+3].[c-]1ccn(B(n2cccn2)n2cccn2)n1. The van der Waals surface area contributed by atoms with E-state index >= 15 is 0 Å². The maximum absolute atomic E-state index is 11.4. The summed E-state index contributed by atoms with van der Waals surface area (Å²) in [5, 5.41) is 36.3. The van der Waals surface area contributed by atoms with E-state index < -0.39 is 0 Å². The molecule has 15 aromatic rings. The molecule has 25 nitrogen and oxygen atoms in total. The zero-order valence-corrected chi connectivity index (χ0v) is 87.4. The Hall–Kier alpha value is -16.1. The van der Waals surface area contributed by atoms with E-state index in [2.05, 4.69) is 350 Å². The van der Waals surface area contributed by atoms with Crippen LogP contribution >= 0.6 is 0 Å². The van der Waals surface area contributed by atoms with Crippen molar-refractivity contribution in [2.24, 2.45) is 55.2 Å². The number of aryl methyl sites for hydroxylation is 8. The number of fused-ring (bicyclic) bond motifs is 12. The molecule has 2 unspecified atom stereocenters. The Morgan fingerprint density at radius 1 is 0.416 bits per heavy atom. The summed E-state index contributed by atoms with van der Waals surface area (Å²) in [7, 11) is 9.91. The fourth-order valence-corrected chi connectivity index (χ4v) is 18.5. The number of aromatic nitrogens is 13. The van der Waals surface area contributed by atoms with Crippen LogP contribution in [-0.4, -0.2) is 106 Å². The van der Waals surface area contributed by atoms with Crippen LogP contribution in [0.2, 0.25) is 0 Å². The summed E-state index contributed by atoms with van der Waals surface area (Å²) in [6.07, 6.45) is 56.9. The number of benzene rings is 5. The minimum Gasteiger partial charge on any atom is -0.677 e. The summed E-state index contributed by atoms with van der Waals surface area (Å²) in [4.78, 5) is 44.1. The Kier molecular flexibility index (Phi) is 33.8. The van der Waals surface area contributed by atoms with Crippen molar-refractivity contribution in [3.05, 3.63) is 540 Å². The molecular formula is C121H104BGd2N19O6+5. The van der Waals surface area contributed by atoms with Crippen LogP contribution in [0.4, 0.5) is 0 Å². The third kappa shape index (κ3) is 23.6. The first-order valence-electron chi connectivity index (χ1n) is 47.7. The van der Waals surface area contributed by atoms with Crippen molar-refractivity contribution in [3.63, 3.8) is 0 Å². The number of hydrogen-bond donors (Lipinski definition) is 1. The number of allylic oxidation sites excluding steroid dienone is 10. The van der Waals surface area contributed by atoms with Gasteiger partial charge in [0, 0.05) is 120 Å². The quantitative estimate of drug-likeness (QED) is 0.0184. The van der Waals surface area contributed by atoms with E-state index in [-0.39, 0.29) is 134 Å². The van der Waals surface area contributed by atoms with Crippen molar-refractivity contribution in [3.8, 4) is 29.4 Å². The molecule has 16 bridgehead atoms. The van der Waals surface area contributed by atoms with E-state index in [0.29, 0.717) is 18.5 Å². The largest absolute Gasteiger partial charge is 3.00 e. The van der Waals surface area contributed by atoms with Gasteiger partial charge >= 0.3 is 87.0 Å². The normalized spacial score (nSPS) is 15.3. The Balaban J connectivity index is 0.000000180.